The Morgan fingerprint density at radius 2 is 1.80 bits per heavy atom. The Hall–Kier alpha value is -3.12. The van der Waals surface area contributed by atoms with Crippen LogP contribution in [-0.2, 0) is 0 Å². The fourth-order valence-electron chi connectivity index (χ4n) is 2.12. The van der Waals surface area contributed by atoms with Crippen LogP contribution >= 0.6 is 11.6 Å². The summed E-state index contributed by atoms with van der Waals surface area (Å²) in [6.07, 6.45) is 1.39. The first-order valence-corrected chi connectivity index (χ1v) is 7.62. The molecule has 0 unspecified atom stereocenters. The second kappa shape index (κ2) is 7.19. The third-order valence-electron chi connectivity index (χ3n) is 3.31. The third-order valence-corrected chi connectivity index (χ3v) is 3.54. The molecule has 2 amide bonds. The number of hydrogen-bond donors (Lipinski definition) is 2. The predicted octanol–water partition coefficient (Wildman–Crippen LogP) is 4.58. The smallest absolute Gasteiger partial charge is 0.291 e. The Morgan fingerprint density at radius 3 is 2.52 bits per heavy atom. The van der Waals surface area contributed by atoms with E-state index in [1.54, 1.807) is 24.3 Å². The van der Waals surface area contributed by atoms with Gasteiger partial charge in [-0.05, 0) is 48.5 Å². The predicted molar refractivity (Wildman–Crippen MR) is 92.5 cm³/mol. The molecule has 0 aliphatic heterocycles. The summed E-state index contributed by atoms with van der Waals surface area (Å²) in [7, 11) is 0. The van der Waals surface area contributed by atoms with Crippen LogP contribution in [0.2, 0.25) is 5.02 Å². The van der Waals surface area contributed by atoms with Crippen LogP contribution in [0.25, 0.3) is 0 Å². The average Bonchev–Trinajstić information content (AvgIpc) is 3.12. The average molecular weight is 359 g/mol. The highest BCUT2D eigenvalue weighted by Crippen LogP contribution is 2.20. The van der Waals surface area contributed by atoms with Gasteiger partial charge in [-0.15, -0.1) is 0 Å². The van der Waals surface area contributed by atoms with E-state index in [9.17, 15) is 14.0 Å². The Labute approximate surface area is 147 Å². The maximum atomic E-state index is 13.8. The van der Waals surface area contributed by atoms with Crippen LogP contribution in [0.3, 0.4) is 0 Å². The van der Waals surface area contributed by atoms with Gasteiger partial charge in [0.25, 0.3) is 11.8 Å². The Kier molecular flexibility index (Phi) is 4.81. The van der Waals surface area contributed by atoms with Crippen LogP contribution in [0.5, 0.6) is 0 Å². The third kappa shape index (κ3) is 4.05. The Balaban J connectivity index is 1.74. The molecule has 0 aliphatic rings. The number of carbonyl (C=O) groups is 2. The van der Waals surface area contributed by atoms with Crippen LogP contribution in [0, 0.1) is 5.82 Å². The van der Waals surface area contributed by atoms with Gasteiger partial charge < -0.3 is 15.1 Å². The van der Waals surface area contributed by atoms with Gasteiger partial charge in [0.1, 0.15) is 5.82 Å². The van der Waals surface area contributed by atoms with E-state index in [0.29, 0.717) is 5.69 Å². The maximum Gasteiger partial charge on any atom is 0.291 e. The molecule has 1 heterocycles. The highest BCUT2D eigenvalue weighted by molar-refractivity contribution is 6.30. The largest absolute Gasteiger partial charge is 0.459 e. The summed E-state index contributed by atoms with van der Waals surface area (Å²) >= 11 is 5.68. The minimum absolute atomic E-state index is 0.0134. The number of anilines is 2. The monoisotopic (exact) mass is 358 g/mol. The van der Waals surface area contributed by atoms with Crippen molar-refractivity contribution in [1.29, 1.82) is 0 Å². The highest BCUT2D eigenvalue weighted by Gasteiger charge is 2.12. The highest BCUT2D eigenvalue weighted by atomic mass is 35.5. The molecule has 7 heteroatoms. The lowest BCUT2D eigenvalue weighted by Crippen LogP contribution is -2.15. The van der Waals surface area contributed by atoms with Gasteiger partial charge in [0.05, 0.1) is 12.0 Å². The molecular weight excluding hydrogens is 347 g/mol. The van der Waals surface area contributed by atoms with Crippen molar-refractivity contribution in [3.63, 3.8) is 0 Å². The number of halogens is 2. The van der Waals surface area contributed by atoms with Crippen molar-refractivity contribution >= 4 is 34.8 Å². The van der Waals surface area contributed by atoms with Crippen LogP contribution in [-0.4, -0.2) is 11.8 Å². The quantitative estimate of drug-likeness (QED) is 0.717. The molecule has 126 valence electrons. The zero-order valence-corrected chi connectivity index (χ0v) is 13.5. The van der Waals surface area contributed by atoms with Gasteiger partial charge in [-0.1, -0.05) is 17.7 Å². The zero-order valence-electron chi connectivity index (χ0n) is 12.8. The SMILES string of the molecule is O=C(Nc1ccc(Cl)cc1F)c1cccc(NC(=O)c2ccco2)c1. The molecule has 0 fully saturated rings. The number of amides is 2. The van der Waals surface area contributed by atoms with E-state index >= 15 is 0 Å². The molecule has 3 rings (SSSR count). The second-order valence-electron chi connectivity index (χ2n) is 5.09. The second-order valence-corrected chi connectivity index (χ2v) is 5.53. The lowest BCUT2D eigenvalue weighted by Gasteiger charge is -2.08. The number of furan rings is 1. The van der Waals surface area contributed by atoms with Gasteiger partial charge >= 0.3 is 0 Å². The number of rotatable bonds is 4. The first-order chi connectivity index (χ1) is 12.0. The van der Waals surface area contributed by atoms with Gasteiger partial charge in [-0.3, -0.25) is 9.59 Å². The van der Waals surface area contributed by atoms with E-state index in [-0.39, 0.29) is 22.0 Å². The maximum absolute atomic E-state index is 13.8. The Morgan fingerprint density at radius 1 is 0.960 bits per heavy atom. The van der Waals surface area contributed by atoms with Crippen molar-refractivity contribution in [1.82, 2.24) is 0 Å². The standard InChI is InChI=1S/C18H12ClFN2O3/c19-12-6-7-15(14(20)10-12)22-17(23)11-3-1-4-13(9-11)21-18(24)16-5-2-8-25-16/h1-10H,(H,21,24)(H,22,23). The number of benzene rings is 2. The van der Waals surface area contributed by atoms with Crippen molar-refractivity contribution < 1.29 is 18.4 Å². The van der Waals surface area contributed by atoms with E-state index in [1.807, 2.05) is 0 Å². The van der Waals surface area contributed by atoms with Gasteiger partial charge in [0.2, 0.25) is 0 Å². The number of hydrogen-bond acceptors (Lipinski definition) is 3. The van der Waals surface area contributed by atoms with E-state index in [1.165, 1.54) is 30.5 Å². The topological polar surface area (TPSA) is 71.3 Å². The molecule has 5 nitrogen and oxygen atoms in total. The molecule has 2 aromatic carbocycles. The van der Waals surface area contributed by atoms with Crippen LogP contribution in [0.4, 0.5) is 15.8 Å². The van der Waals surface area contributed by atoms with Crippen molar-refractivity contribution in [2.75, 3.05) is 10.6 Å². The summed E-state index contributed by atoms with van der Waals surface area (Å²) in [6.45, 7) is 0. The summed E-state index contributed by atoms with van der Waals surface area (Å²) in [5, 5.41) is 5.31. The van der Waals surface area contributed by atoms with Crippen LogP contribution in [0.15, 0.2) is 65.3 Å². The first kappa shape index (κ1) is 16.7. The van der Waals surface area contributed by atoms with Crippen molar-refractivity contribution in [3.8, 4) is 0 Å². The molecule has 0 radical (unpaired) electrons. The van der Waals surface area contributed by atoms with Gasteiger partial charge in [-0.2, -0.15) is 0 Å². The molecule has 0 bridgehead atoms. The molecule has 2 N–H and O–H groups in total. The normalized spacial score (nSPS) is 10.3. The van der Waals surface area contributed by atoms with Crippen molar-refractivity contribution in [2.24, 2.45) is 0 Å². The summed E-state index contributed by atoms with van der Waals surface area (Å²) in [5.74, 6) is -1.44. The Bertz CT molecular complexity index is 926. The van der Waals surface area contributed by atoms with Gasteiger partial charge in [0, 0.05) is 16.3 Å². The molecule has 0 saturated heterocycles. The molecule has 0 aliphatic carbocycles. The van der Waals surface area contributed by atoms with Crippen LogP contribution in [0.1, 0.15) is 20.9 Å². The van der Waals surface area contributed by atoms with E-state index in [0.717, 1.165) is 6.07 Å². The minimum Gasteiger partial charge on any atom is -0.459 e. The summed E-state index contributed by atoms with van der Waals surface area (Å²) in [5.41, 5.74) is 0.677. The van der Waals surface area contributed by atoms with Crippen molar-refractivity contribution in [3.05, 3.63) is 83.0 Å². The van der Waals surface area contributed by atoms with E-state index < -0.39 is 17.6 Å². The number of carbonyl (C=O) groups excluding carboxylic acids is 2. The molecular formula is C18H12ClFN2O3. The molecule has 1 aromatic heterocycles. The molecule has 3 aromatic rings. The lowest BCUT2D eigenvalue weighted by molar-refractivity contribution is 0.0993. The summed E-state index contributed by atoms with van der Waals surface area (Å²) < 4.78 is 18.8. The molecule has 0 spiro atoms. The summed E-state index contributed by atoms with van der Waals surface area (Å²) in [6, 6.07) is 13.3. The van der Waals surface area contributed by atoms with E-state index in [2.05, 4.69) is 10.6 Å². The molecule has 0 atom stereocenters. The molecule has 25 heavy (non-hydrogen) atoms. The van der Waals surface area contributed by atoms with Gasteiger partial charge in [-0.25, -0.2) is 4.39 Å². The fraction of sp³-hybridized carbons (Fsp3) is 0. The van der Waals surface area contributed by atoms with Crippen LogP contribution < -0.4 is 10.6 Å². The first-order valence-electron chi connectivity index (χ1n) is 7.24. The fourth-order valence-corrected chi connectivity index (χ4v) is 2.28. The molecule has 0 saturated carbocycles. The van der Waals surface area contributed by atoms with E-state index in [4.69, 9.17) is 16.0 Å². The summed E-state index contributed by atoms with van der Waals surface area (Å²) in [4.78, 5) is 24.2. The lowest BCUT2D eigenvalue weighted by atomic mass is 10.1. The minimum atomic E-state index is -0.636. The van der Waals surface area contributed by atoms with Crippen molar-refractivity contribution in [2.45, 2.75) is 0 Å². The zero-order chi connectivity index (χ0) is 17.8. The van der Waals surface area contributed by atoms with Gasteiger partial charge in [0.15, 0.2) is 5.76 Å². The number of nitrogens with one attached hydrogen (secondary N) is 2.